The first kappa shape index (κ1) is 19.8. The van der Waals surface area contributed by atoms with Gasteiger partial charge in [-0.3, -0.25) is 9.59 Å². The Bertz CT molecular complexity index is 1100. The Morgan fingerprint density at radius 1 is 1.14 bits per heavy atom. The van der Waals surface area contributed by atoms with Gasteiger partial charge in [-0.15, -0.1) is 11.3 Å². The number of esters is 2. The van der Waals surface area contributed by atoms with Crippen molar-refractivity contribution in [2.45, 2.75) is 32.3 Å². The third-order valence-electron chi connectivity index (χ3n) is 4.27. The molecule has 144 valence electrons. The quantitative estimate of drug-likeness (QED) is 0.252. The molecule has 28 heavy (non-hydrogen) atoms. The molecule has 3 rings (SSSR count). The summed E-state index contributed by atoms with van der Waals surface area (Å²) in [5.41, 5.74) is -0.141. The highest BCUT2D eigenvalue weighted by Crippen LogP contribution is 2.30. The Kier molecular flexibility index (Phi) is 6.21. The summed E-state index contributed by atoms with van der Waals surface area (Å²) in [6.45, 7) is 5.10. The number of rotatable bonds is 7. The average molecular weight is 396 g/mol. The van der Waals surface area contributed by atoms with Gasteiger partial charge in [-0.25, -0.2) is 4.79 Å². The van der Waals surface area contributed by atoms with Crippen molar-refractivity contribution in [3.63, 3.8) is 0 Å². The zero-order valence-corrected chi connectivity index (χ0v) is 16.3. The third-order valence-corrected chi connectivity index (χ3v) is 5.40. The largest absolute Gasteiger partial charge is 0.460 e. The first-order valence-electron chi connectivity index (χ1n) is 8.98. The van der Waals surface area contributed by atoms with Crippen LogP contribution in [0.25, 0.3) is 20.2 Å². The molecule has 1 atom stereocenters. The molecule has 0 saturated heterocycles. The number of carbonyl (C=O) groups excluding carboxylic acids is 2. The summed E-state index contributed by atoms with van der Waals surface area (Å²) in [5, 5.41) is 1.04. The second-order valence-electron chi connectivity index (χ2n) is 6.37. The molecule has 0 spiro atoms. The third kappa shape index (κ3) is 4.46. The van der Waals surface area contributed by atoms with Crippen LogP contribution < -0.4 is 10.2 Å². The van der Waals surface area contributed by atoms with E-state index >= 15 is 0 Å². The van der Waals surface area contributed by atoms with Crippen molar-refractivity contribution in [2.24, 2.45) is 0 Å². The van der Waals surface area contributed by atoms with E-state index in [1.165, 1.54) is 11.3 Å². The summed E-state index contributed by atoms with van der Waals surface area (Å²) in [6.07, 6.45) is 2.00. The molecule has 0 aliphatic heterocycles. The molecule has 0 bridgehead atoms. The lowest BCUT2D eigenvalue weighted by Crippen LogP contribution is -2.15. The van der Waals surface area contributed by atoms with Crippen LogP contribution in [0.4, 0.5) is 0 Å². The van der Waals surface area contributed by atoms with Gasteiger partial charge in [-0.2, -0.15) is 0 Å². The van der Waals surface area contributed by atoms with Crippen molar-refractivity contribution in [2.75, 3.05) is 0 Å². The monoisotopic (exact) mass is 396 g/mol. The van der Waals surface area contributed by atoms with Crippen LogP contribution in [0.3, 0.4) is 0 Å². The average Bonchev–Trinajstić information content (AvgIpc) is 2.68. The fourth-order valence-electron chi connectivity index (χ4n) is 2.91. The summed E-state index contributed by atoms with van der Waals surface area (Å²) in [5.74, 6) is -0.629. The summed E-state index contributed by atoms with van der Waals surface area (Å²) >= 11 is 1.49. The van der Waals surface area contributed by atoms with Gasteiger partial charge in [0.1, 0.15) is 5.75 Å². The Hall–Kier alpha value is -2.99. The van der Waals surface area contributed by atoms with E-state index in [0.29, 0.717) is 23.6 Å². The van der Waals surface area contributed by atoms with Crippen LogP contribution in [0.15, 0.2) is 59.9 Å². The topological polar surface area (TPSA) is 69.7 Å². The molecule has 5 nitrogen and oxygen atoms in total. The predicted molar refractivity (Wildman–Crippen MR) is 111 cm³/mol. The summed E-state index contributed by atoms with van der Waals surface area (Å²) in [7, 11) is 0. The molecule has 0 aliphatic carbocycles. The Balaban J connectivity index is 1.73. The van der Waals surface area contributed by atoms with Crippen LogP contribution >= 0.6 is 11.3 Å². The van der Waals surface area contributed by atoms with Crippen molar-refractivity contribution in [1.82, 2.24) is 0 Å². The van der Waals surface area contributed by atoms with E-state index in [2.05, 4.69) is 6.58 Å². The number of fused-ring (bicyclic) bond motifs is 2. The predicted octanol–water partition coefficient (Wildman–Crippen LogP) is 4.61. The van der Waals surface area contributed by atoms with Gasteiger partial charge < -0.3 is 9.47 Å². The van der Waals surface area contributed by atoms with E-state index in [1.807, 2.05) is 24.3 Å². The molecular weight excluding hydrogens is 376 g/mol. The van der Waals surface area contributed by atoms with E-state index in [1.54, 1.807) is 25.1 Å². The Labute approximate surface area is 166 Å². The van der Waals surface area contributed by atoms with Crippen molar-refractivity contribution < 1.29 is 19.1 Å². The second kappa shape index (κ2) is 8.80. The molecule has 1 heterocycles. The molecule has 1 unspecified atom stereocenters. The van der Waals surface area contributed by atoms with Gasteiger partial charge in [0.2, 0.25) is 0 Å². The highest BCUT2D eigenvalue weighted by molar-refractivity contribution is 7.24. The molecule has 0 saturated carbocycles. The summed E-state index contributed by atoms with van der Waals surface area (Å²) in [6, 6.07) is 12.6. The van der Waals surface area contributed by atoms with Gasteiger partial charge >= 0.3 is 11.9 Å². The lowest BCUT2D eigenvalue weighted by Gasteiger charge is -2.11. The van der Waals surface area contributed by atoms with Gasteiger partial charge in [0.05, 0.1) is 11.5 Å². The fourth-order valence-corrected chi connectivity index (χ4v) is 4.01. The standard InChI is InChI=1S/C22H20O5S/c1-3-19(23)26-14(2)8-6-13-20(24)27-16-10-7-12-18-21(16)22(25)15-9-4-5-11-17(15)28-18/h3-5,7,9-12,14H,1,6,8,13H2,2H3. The highest BCUT2D eigenvalue weighted by Gasteiger charge is 2.14. The number of hydrogen-bond acceptors (Lipinski definition) is 6. The van der Waals surface area contributed by atoms with E-state index in [-0.39, 0.29) is 23.7 Å². The van der Waals surface area contributed by atoms with Crippen molar-refractivity contribution in [3.8, 4) is 5.75 Å². The molecule has 0 aliphatic rings. The molecule has 0 amide bonds. The van der Waals surface area contributed by atoms with Crippen LogP contribution in [-0.4, -0.2) is 18.0 Å². The zero-order valence-electron chi connectivity index (χ0n) is 15.5. The SMILES string of the molecule is C=CC(=O)OC(C)CCCC(=O)Oc1cccc2sc3ccccc3c(=O)c12. The lowest BCUT2D eigenvalue weighted by molar-refractivity contribution is -0.142. The van der Waals surface area contributed by atoms with Gasteiger partial charge in [0.25, 0.3) is 0 Å². The molecule has 1 aromatic heterocycles. The maximum atomic E-state index is 12.9. The van der Waals surface area contributed by atoms with Crippen molar-refractivity contribution in [3.05, 3.63) is 65.3 Å². The van der Waals surface area contributed by atoms with Crippen LogP contribution in [-0.2, 0) is 14.3 Å². The van der Waals surface area contributed by atoms with Crippen LogP contribution in [0.5, 0.6) is 5.75 Å². The minimum absolute atomic E-state index is 0.141. The minimum atomic E-state index is -0.484. The van der Waals surface area contributed by atoms with E-state index in [4.69, 9.17) is 9.47 Å². The number of ether oxygens (including phenoxy) is 2. The number of carbonyl (C=O) groups is 2. The number of benzene rings is 2. The normalized spacial score (nSPS) is 11.9. The van der Waals surface area contributed by atoms with Crippen LogP contribution in [0, 0.1) is 0 Å². The zero-order chi connectivity index (χ0) is 20.1. The molecule has 0 radical (unpaired) electrons. The van der Waals surface area contributed by atoms with Gasteiger partial charge in [0, 0.05) is 27.3 Å². The van der Waals surface area contributed by atoms with E-state index in [0.717, 1.165) is 15.5 Å². The molecule has 2 aromatic carbocycles. The summed E-state index contributed by atoms with van der Waals surface area (Å²) in [4.78, 5) is 36.3. The first-order valence-corrected chi connectivity index (χ1v) is 9.79. The van der Waals surface area contributed by atoms with Gasteiger partial charge in [-0.1, -0.05) is 24.8 Å². The van der Waals surface area contributed by atoms with Crippen molar-refractivity contribution >= 4 is 43.4 Å². The maximum Gasteiger partial charge on any atom is 0.330 e. The molecule has 0 fully saturated rings. The van der Waals surface area contributed by atoms with Crippen LogP contribution in [0.1, 0.15) is 26.2 Å². The molecule has 0 N–H and O–H groups in total. The van der Waals surface area contributed by atoms with E-state index < -0.39 is 11.9 Å². The van der Waals surface area contributed by atoms with Crippen LogP contribution in [0.2, 0.25) is 0 Å². The molecule has 3 aromatic rings. The fraction of sp³-hybridized carbons (Fsp3) is 0.227. The molecular formula is C22H20O5S. The maximum absolute atomic E-state index is 12.9. The van der Waals surface area contributed by atoms with E-state index in [9.17, 15) is 14.4 Å². The Morgan fingerprint density at radius 2 is 1.89 bits per heavy atom. The van der Waals surface area contributed by atoms with Gasteiger partial charge in [-0.05, 0) is 44.0 Å². The lowest BCUT2D eigenvalue weighted by atomic mass is 10.1. The highest BCUT2D eigenvalue weighted by atomic mass is 32.1. The smallest absolute Gasteiger partial charge is 0.330 e. The minimum Gasteiger partial charge on any atom is -0.460 e. The molecule has 6 heteroatoms. The van der Waals surface area contributed by atoms with Crippen molar-refractivity contribution in [1.29, 1.82) is 0 Å². The Morgan fingerprint density at radius 3 is 2.68 bits per heavy atom. The second-order valence-corrected chi connectivity index (χ2v) is 7.46. The number of hydrogen-bond donors (Lipinski definition) is 0. The first-order chi connectivity index (χ1) is 13.5. The summed E-state index contributed by atoms with van der Waals surface area (Å²) < 4.78 is 12.2. The van der Waals surface area contributed by atoms with Gasteiger partial charge in [0.15, 0.2) is 5.43 Å².